The number of hydrogen-bond donors (Lipinski definition) is 1. The number of hydrogen-bond acceptors (Lipinski definition) is 4. The molecule has 0 unspecified atom stereocenters. The summed E-state index contributed by atoms with van der Waals surface area (Å²) in [5.41, 5.74) is 2.57. The van der Waals surface area contributed by atoms with Crippen LogP contribution in [0.25, 0.3) is 11.3 Å². The van der Waals surface area contributed by atoms with Gasteiger partial charge in [-0.15, -0.1) is 0 Å². The smallest absolute Gasteiger partial charge is 0.243 e. The first kappa shape index (κ1) is 23.3. The van der Waals surface area contributed by atoms with Crippen LogP contribution in [0.1, 0.15) is 25.2 Å². The van der Waals surface area contributed by atoms with E-state index in [0.29, 0.717) is 23.1 Å². The van der Waals surface area contributed by atoms with Gasteiger partial charge in [-0.3, -0.25) is 4.79 Å². The zero-order valence-corrected chi connectivity index (χ0v) is 20.4. The number of nitrogens with zero attached hydrogens (tertiary/aromatic N) is 4. The molecule has 1 aromatic heterocycles. The maximum absolute atomic E-state index is 13.6. The van der Waals surface area contributed by atoms with Crippen LogP contribution in [0, 0.1) is 12.7 Å². The molecule has 174 valence electrons. The van der Waals surface area contributed by atoms with Crippen LogP contribution in [-0.2, 0) is 16.9 Å². The quantitative estimate of drug-likeness (QED) is 0.550. The molecule has 1 amide bonds. The van der Waals surface area contributed by atoms with Gasteiger partial charge in [-0.1, -0.05) is 17.7 Å². The summed E-state index contributed by atoms with van der Waals surface area (Å²) in [6.45, 7) is 7.50. The summed E-state index contributed by atoms with van der Waals surface area (Å²) in [4.78, 5) is 22.2. The summed E-state index contributed by atoms with van der Waals surface area (Å²) in [6.07, 6.45) is 0. The van der Waals surface area contributed by atoms with E-state index in [-0.39, 0.29) is 18.3 Å². The van der Waals surface area contributed by atoms with E-state index in [1.165, 1.54) is 12.1 Å². The Bertz CT molecular complexity index is 1190. The highest BCUT2D eigenvalue weighted by Gasteiger charge is 2.42. The summed E-state index contributed by atoms with van der Waals surface area (Å²) in [5, 5.41) is 4.07. The van der Waals surface area contributed by atoms with Crippen LogP contribution in [0.15, 0.2) is 42.5 Å². The van der Waals surface area contributed by atoms with Crippen molar-refractivity contribution < 1.29 is 9.18 Å². The predicted molar refractivity (Wildman–Crippen MR) is 130 cm³/mol. The summed E-state index contributed by atoms with van der Waals surface area (Å²) in [7, 11) is 3.98. The molecular formula is C25H29ClFN5O. The summed E-state index contributed by atoms with van der Waals surface area (Å²) >= 11 is 6.35. The van der Waals surface area contributed by atoms with Crippen molar-refractivity contribution in [2.45, 2.75) is 32.9 Å². The SMILES string of the molecule is Cc1ccc(Nc2c(-c3ccc(F)cc3)nc3n2CC(=O)N(CCN(C)C)C3(C)C)cc1Cl. The Kier molecular flexibility index (Phi) is 6.20. The van der Waals surface area contributed by atoms with Gasteiger partial charge in [-0.05, 0) is 76.8 Å². The van der Waals surface area contributed by atoms with Crippen molar-refractivity contribution in [1.82, 2.24) is 19.4 Å². The molecule has 0 spiro atoms. The van der Waals surface area contributed by atoms with Crippen LogP contribution in [0.2, 0.25) is 5.02 Å². The normalized spacial score (nSPS) is 15.2. The van der Waals surface area contributed by atoms with Gasteiger partial charge in [0.1, 0.15) is 29.7 Å². The molecule has 0 saturated heterocycles. The van der Waals surface area contributed by atoms with Crippen molar-refractivity contribution >= 4 is 29.0 Å². The first-order valence-corrected chi connectivity index (χ1v) is 11.3. The Balaban J connectivity index is 1.84. The minimum atomic E-state index is -0.620. The number of likely N-dealkylation sites (N-methyl/N-ethyl adjacent to an activating group) is 1. The molecule has 0 aliphatic carbocycles. The van der Waals surface area contributed by atoms with Crippen LogP contribution >= 0.6 is 11.6 Å². The van der Waals surface area contributed by atoms with Crippen molar-refractivity contribution in [2.75, 3.05) is 32.5 Å². The second-order valence-corrected chi connectivity index (χ2v) is 9.63. The van der Waals surface area contributed by atoms with Gasteiger partial charge in [0, 0.05) is 29.4 Å². The minimum Gasteiger partial charge on any atom is -0.340 e. The fourth-order valence-corrected chi connectivity index (χ4v) is 4.35. The monoisotopic (exact) mass is 469 g/mol. The van der Waals surface area contributed by atoms with Gasteiger partial charge in [-0.2, -0.15) is 0 Å². The number of halogens is 2. The van der Waals surface area contributed by atoms with Crippen LogP contribution in [0.4, 0.5) is 15.9 Å². The van der Waals surface area contributed by atoms with Crippen LogP contribution < -0.4 is 5.32 Å². The zero-order chi connectivity index (χ0) is 23.9. The zero-order valence-electron chi connectivity index (χ0n) is 19.6. The molecule has 1 aliphatic rings. The Morgan fingerprint density at radius 3 is 2.52 bits per heavy atom. The van der Waals surface area contributed by atoms with E-state index >= 15 is 0 Å². The molecule has 4 rings (SSSR count). The van der Waals surface area contributed by atoms with E-state index in [1.807, 2.05) is 62.5 Å². The van der Waals surface area contributed by atoms with E-state index in [9.17, 15) is 9.18 Å². The van der Waals surface area contributed by atoms with Gasteiger partial charge in [0.15, 0.2) is 0 Å². The van der Waals surface area contributed by atoms with Crippen molar-refractivity contribution in [2.24, 2.45) is 0 Å². The van der Waals surface area contributed by atoms with Crippen molar-refractivity contribution in [3.8, 4) is 11.3 Å². The highest BCUT2D eigenvalue weighted by atomic mass is 35.5. The second kappa shape index (κ2) is 8.80. The molecule has 1 N–H and O–H groups in total. The largest absolute Gasteiger partial charge is 0.340 e. The highest BCUT2D eigenvalue weighted by molar-refractivity contribution is 6.31. The molecule has 0 fully saturated rings. The number of benzene rings is 2. The average Bonchev–Trinajstić information content (AvgIpc) is 3.09. The standard InChI is InChI=1S/C25H29ClFN5O/c1-16-6-11-19(14-20(16)26)28-23-22(17-7-9-18(27)10-8-17)29-24-25(2,3)32(13-12-30(4)5)21(33)15-31(23)24/h6-11,14,28H,12-13,15H2,1-5H3. The molecule has 33 heavy (non-hydrogen) atoms. The molecule has 1 aliphatic heterocycles. The number of nitrogens with one attached hydrogen (secondary N) is 1. The maximum atomic E-state index is 13.6. The number of fused-ring (bicyclic) bond motifs is 1. The van der Waals surface area contributed by atoms with E-state index in [1.54, 1.807) is 12.1 Å². The third-order valence-electron chi connectivity index (χ3n) is 6.11. The van der Waals surface area contributed by atoms with Crippen LogP contribution in [-0.4, -0.2) is 52.4 Å². The number of aromatic nitrogens is 2. The van der Waals surface area contributed by atoms with E-state index < -0.39 is 5.54 Å². The first-order chi connectivity index (χ1) is 15.6. The topological polar surface area (TPSA) is 53.4 Å². The van der Waals surface area contributed by atoms with Crippen LogP contribution in [0.3, 0.4) is 0 Å². The second-order valence-electron chi connectivity index (χ2n) is 9.22. The molecule has 2 heterocycles. The average molecular weight is 470 g/mol. The molecule has 0 atom stereocenters. The van der Waals surface area contributed by atoms with Gasteiger partial charge in [0.05, 0.1) is 5.54 Å². The molecule has 3 aromatic rings. The van der Waals surface area contributed by atoms with Crippen molar-refractivity contribution in [3.05, 3.63) is 64.7 Å². The number of rotatable bonds is 6. The minimum absolute atomic E-state index is 0.0300. The Morgan fingerprint density at radius 2 is 1.88 bits per heavy atom. The van der Waals surface area contributed by atoms with Crippen molar-refractivity contribution in [3.63, 3.8) is 0 Å². The Hall–Kier alpha value is -2.90. The van der Waals surface area contributed by atoms with Gasteiger partial charge >= 0.3 is 0 Å². The fourth-order valence-electron chi connectivity index (χ4n) is 4.17. The first-order valence-electron chi connectivity index (χ1n) is 10.9. The molecule has 0 radical (unpaired) electrons. The lowest BCUT2D eigenvalue weighted by molar-refractivity contribution is -0.140. The summed E-state index contributed by atoms with van der Waals surface area (Å²) in [5.74, 6) is 1.18. The lowest BCUT2D eigenvalue weighted by Crippen LogP contribution is -2.54. The van der Waals surface area contributed by atoms with Gasteiger partial charge < -0.3 is 19.7 Å². The number of carbonyl (C=O) groups is 1. The number of carbonyl (C=O) groups excluding carboxylic acids is 1. The van der Waals surface area contributed by atoms with Gasteiger partial charge in [0.25, 0.3) is 0 Å². The third kappa shape index (κ3) is 4.48. The Labute approximate surface area is 199 Å². The number of imidazole rings is 1. The number of amides is 1. The molecule has 2 aromatic carbocycles. The number of anilines is 2. The lowest BCUT2D eigenvalue weighted by Gasteiger charge is -2.42. The summed E-state index contributed by atoms with van der Waals surface area (Å²) in [6, 6.07) is 12.0. The number of aryl methyl sites for hydroxylation is 1. The van der Waals surface area contributed by atoms with E-state index in [2.05, 4.69) is 10.2 Å². The highest BCUT2D eigenvalue weighted by Crippen LogP contribution is 2.40. The molecule has 0 bridgehead atoms. The molecule has 8 heteroatoms. The van der Waals surface area contributed by atoms with E-state index in [4.69, 9.17) is 16.6 Å². The van der Waals surface area contributed by atoms with E-state index in [0.717, 1.165) is 29.2 Å². The van der Waals surface area contributed by atoms with Gasteiger partial charge in [-0.25, -0.2) is 9.37 Å². The van der Waals surface area contributed by atoms with Gasteiger partial charge in [0.2, 0.25) is 5.91 Å². The third-order valence-corrected chi connectivity index (χ3v) is 6.51. The molecule has 6 nitrogen and oxygen atoms in total. The summed E-state index contributed by atoms with van der Waals surface area (Å²) < 4.78 is 15.6. The van der Waals surface area contributed by atoms with Crippen LogP contribution in [0.5, 0.6) is 0 Å². The molecule has 0 saturated carbocycles. The lowest BCUT2D eigenvalue weighted by atomic mass is 9.98. The maximum Gasteiger partial charge on any atom is 0.243 e. The van der Waals surface area contributed by atoms with Crippen molar-refractivity contribution in [1.29, 1.82) is 0 Å². The predicted octanol–water partition coefficient (Wildman–Crippen LogP) is 5.03. The Morgan fingerprint density at radius 1 is 1.18 bits per heavy atom. The fraction of sp³-hybridized carbons (Fsp3) is 0.360. The molecular weight excluding hydrogens is 441 g/mol.